The molecule has 0 aliphatic rings. The van der Waals surface area contributed by atoms with E-state index in [1.165, 1.54) is 5.01 Å². The highest BCUT2D eigenvalue weighted by molar-refractivity contribution is 7.09. The van der Waals surface area contributed by atoms with Crippen LogP contribution in [0.15, 0.2) is 29.6 Å². The number of hydrogen-bond donors (Lipinski definition) is 1. The Balaban J connectivity index is 1.89. The third-order valence-electron chi connectivity index (χ3n) is 3.08. The van der Waals surface area contributed by atoms with Crippen LogP contribution < -0.4 is 10.1 Å². The molecule has 1 aromatic heterocycles. The molecular formula is C17H24N2OS. The van der Waals surface area contributed by atoms with Gasteiger partial charge in [-0.1, -0.05) is 13.8 Å². The van der Waals surface area contributed by atoms with Crippen LogP contribution in [-0.4, -0.2) is 24.7 Å². The van der Waals surface area contributed by atoms with Gasteiger partial charge in [-0.2, -0.15) is 0 Å². The summed E-state index contributed by atoms with van der Waals surface area (Å²) in [6.45, 7) is 9.20. The molecule has 2 aromatic rings. The van der Waals surface area contributed by atoms with Crippen molar-refractivity contribution in [2.75, 3.05) is 19.7 Å². The molecule has 0 fully saturated rings. The molecule has 0 saturated heterocycles. The van der Waals surface area contributed by atoms with E-state index in [1.54, 1.807) is 11.3 Å². The maximum atomic E-state index is 5.46. The lowest BCUT2D eigenvalue weighted by Crippen LogP contribution is -2.22. The smallest absolute Gasteiger partial charge is 0.119 e. The molecule has 0 spiro atoms. The summed E-state index contributed by atoms with van der Waals surface area (Å²) in [5, 5.41) is 6.78. The Morgan fingerprint density at radius 3 is 2.67 bits per heavy atom. The molecule has 0 saturated carbocycles. The molecule has 114 valence electrons. The Bertz CT molecular complexity index is 534. The van der Waals surface area contributed by atoms with E-state index >= 15 is 0 Å². The van der Waals surface area contributed by atoms with E-state index in [0.29, 0.717) is 12.5 Å². The molecule has 4 heteroatoms. The lowest BCUT2D eigenvalue weighted by molar-refractivity contribution is 0.340. The summed E-state index contributed by atoms with van der Waals surface area (Å²) in [6.07, 6.45) is 0.994. The van der Waals surface area contributed by atoms with E-state index < -0.39 is 0 Å². The number of benzene rings is 1. The predicted molar refractivity (Wildman–Crippen MR) is 90.1 cm³/mol. The molecule has 2 rings (SSSR count). The Labute approximate surface area is 131 Å². The SMILES string of the molecule is CCOc1ccc(-c2csc(CCNCC(C)C)n2)cc1. The fourth-order valence-electron chi connectivity index (χ4n) is 2.03. The van der Waals surface area contributed by atoms with E-state index in [1.807, 2.05) is 19.1 Å². The topological polar surface area (TPSA) is 34.1 Å². The minimum atomic E-state index is 0.695. The number of hydrogen-bond acceptors (Lipinski definition) is 4. The minimum absolute atomic E-state index is 0.695. The average molecular weight is 304 g/mol. The van der Waals surface area contributed by atoms with Gasteiger partial charge in [0.25, 0.3) is 0 Å². The monoisotopic (exact) mass is 304 g/mol. The van der Waals surface area contributed by atoms with Gasteiger partial charge in [0.15, 0.2) is 0 Å². The maximum Gasteiger partial charge on any atom is 0.119 e. The second kappa shape index (κ2) is 8.15. The van der Waals surface area contributed by atoms with Crippen molar-refractivity contribution in [3.05, 3.63) is 34.7 Å². The molecule has 0 bridgehead atoms. The molecule has 0 radical (unpaired) electrons. The molecule has 1 heterocycles. The van der Waals surface area contributed by atoms with Gasteiger partial charge in [0.05, 0.1) is 17.3 Å². The molecule has 0 atom stereocenters. The zero-order valence-corrected chi connectivity index (χ0v) is 13.9. The first-order valence-electron chi connectivity index (χ1n) is 7.57. The van der Waals surface area contributed by atoms with Crippen LogP contribution in [0.3, 0.4) is 0 Å². The van der Waals surface area contributed by atoms with Crippen LogP contribution in [0.4, 0.5) is 0 Å². The van der Waals surface area contributed by atoms with Crippen LogP contribution in [0, 0.1) is 5.92 Å². The first-order chi connectivity index (χ1) is 10.2. The lowest BCUT2D eigenvalue weighted by atomic mass is 10.2. The molecule has 1 N–H and O–H groups in total. The van der Waals surface area contributed by atoms with E-state index in [2.05, 4.69) is 36.7 Å². The predicted octanol–water partition coefficient (Wildman–Crippen LogP) is 4.00. The van der Waals surface area contributed by atoms with Gasteiger partial charge < -0.3 is 10.1 Å². The largest absolute Gasteiger partial charge is 0.494 e. The second-order valence-corrected chi connectivity index (χ2v) is 6.37. The van der Waals surface area contributed by atoms with Gasteiger partial charge in [0.1, 0.15) is 5.75 Å². The van der Waals surface area contributed by atoms with Crippen molar-refractivity contribution in [1.29, 1.82) is 0 Å². The maximum absolute atomic E-state index is 5.46. The van der Waals surface area contributed by atoms with Crippen molar-refractivity contribution >= 4 is 11.3 Å². The fraction of sp³-hybridized carbons (Fsp3) is 0.471. The van der Waals surface area contributed by atoms with Gasteiger partial charge in [0.2, 0.25) is 0 Å². The first kappa shape index (κ1) is 16.0. The van der Waals surface area contributed by atoms with Gasteiger partial charge in [-0.3, -0.25) is 0 Å². The Morgan fingerprint density at radius 2 is 2.00 bits per heavy atom. The normalized spacial score (nSPS) is 11.0. The highest BCUT2D eigenvalue weighted by Gasteiger charge is 2.05. The molecule has 3 nitrogen and oxygen atoms in total. The molecule has 1 aromatic carbocycles. The zero-order chi connectivity index (χ0) is 15.1. The third-order valence-corrected chi connectivity index (χ3v) is 3.99. The lowest BCUT2D eigenvalue weighted by Gasteiger charge is -2.05. The zero-order valence-electron chi connectivity index (χ0n) is 13.1. The van der Waals surface area contributed by atoms with Crippen LogP contribution in [0.2, 0.25) is 0 Å². The number of ether oxygens (including phenoxy) is 1. The molecule has 0 unspecified atom stereocenters. The Kier molecular flexibility index (Phi) is 6.21. The van der Waals surface area contributed by atoms with Crippen molar-refractivity contribution < 1.29 is 4.74 Å². The summed E-state index contributed by atoms with van der Waals surface area (Å²) < 4.78 is 5.46. The van der Waals surface area contributed by atoms with Crippen molar-refractivity contribution in [3.8, 4) is 17.0 Å². The number of rotatable bonds is 8. The fourth-order valence-corrected chi connectivity index (χ4v) is 2.84. The summed E-state index contributed by atoms with van der Waals surface area (Å²) in [5.74, 6) is 1.61. The molecule has 0 aliphatic carbocycles. The standard InChI is InChI=1S/C17H24N2OS/c1-4-20-15-7-5-14(6-8-15)16-12-21-17(19-16)9-10-18-11-13(2)3/h5-8,12-13,18H,4,9-11H2,1-3H3. The van der Waals surface area contributed by atoms with Gasteiger partial charge in [0, 0.05) is 23.9 Å². The van der Waals surface area contributed by atoms with Crippen LogP contribution in [-0.2, 0) is 6.42 Å². The minimum Gasteiger partial charge on any atom is -0.494 e. The van der Waals surface area contributed by atoms with Crippen molar-refractivity contribution in [2.45, 2.75) is 27.2 Å². The Hall–Kier alpha value is -1.39. The van der Waals surface area contributed by atoms with Crippen LogP contribution in [0.1, 0.15) is 25.8 Å². The molecule has 21 heavy (non-hydrogen) atoms. The number of nitrogens with zero attached hydrogens (tertiary/aromatic N) is 1. The summed E-state index contributed by atoms with van der Waals surface area (Å²) in [7, 11) is 0. The van der Waals surface area contributed by atoms with Crippen molar-refractivity contribution in [3.63, 3.8) is 0 Å². The number of aromatic nitrogens is 1. The van der Waals surface area contributed by atoms with Gasteiger partial charge in [-0.25, -0.2) is 4.98 Å². The summed E-state index contributed by atoms with van der Waals surface area (Å²) in [6, 6.07) is 8.14. The first-order valence-corrected chi connectivity index (χ1v) is 8.45. The number of nitrogens with one attached hydrogen (secondary N) is 1. The molecule has 0 aliphatic heterocycles. The van der Waals surface area contributed by atoms with E-state index in [-0.39, 0.29) is 0 Å². The van der Waals surface area contributed by atoms with Gasteiger partial charge >= 0.3 is 0 Å². The third kappa shape index (κ3) is 5.14. The summed E-state index contributed by atoms with van der Waals surface area (Å²) >= 11 is 1.74. The quantitative estimate of drug-likeness (QED) is 0.749. The molecule has 0 amide bonds. The van der Waals surface area contributed by atoms with Gasteiger partial charge in [-0.05, 0) is 43.7 Å². The summed E-state index contributed by atoms with van der Waals surface area (Å²) in [4.78, 5) is 4.71. The van der Waals surface area contributed by atoms with Crippen molar-refractivity contribution in [2.24, 2.45) is 5.92 Å². The second-order valence-electron chi connectivity index (χ2n) is 5.43. The number of thiazole rings is 1. The van der Waals surface area contributed by atoms with E-state index in [9.17, 15) is 0 Å². The summed E-state index contributed by atoms with van der Waals surface area (Å²) in [5.41, 5.74) is 2.21. The van der Waals surface area contributed by atoms with Crippen LogP contribution in [0.25, 0.3) is 11.3 Å². The van der Waals surface area contributed by atoms with Gasteiger partial charge in [-0.15, -0.1) is 11.3 Å². The van der Waals surface area contributed by atoms with Crippen LogP contribution >= 0.6 is 11.3 Å². The van der Waals surface area contributed by atoms with E-state index in [0.717, 1.165) is 36.5 Å². The van der Waals surface area contributed by atoms with Crippen LogP contribution in [0.5, 0.6) is 5.75 Å². The van der Waals surface area contributed by atoms with E-state index in [4.69, 9.17) is 9.72 Å². The Morgan fingerprint density at radius 1 is 1.24 bits per heavy atom. The van der Waals surface area contributed by atoms with Crippen molar-refractivity contribution in [1.82, 2.24) is 10.3 Å². The average Bonchev–Trinajstić information content (AvgIpc) is 2.93. The highest BCUT2D eigenvalue weighted by atomic mass is 32.1. The molecular weight excluding hydrogens is 280 g/mol. The highest BCUT2D eigenvalue weighted by Crippen LogP contribution is 2.24.